The van der Waals surface area contributed by atoms with E-state index in [0.717, 1.165) is 28.8 Å². The minimum Gasteiger partial charge on any atom is -0.308 e. The Balaban J connectivity index is 0.000000444. The van der Waals surface area contributed by atoms with Gasteiger partial charge in [0.05, 0.1) is 0 Å². The van der Waals surface area contributed by atoms with Gasteiger partial charge in [-0.15, -0.1) is 0 Å². The molecule has 0 amide bonds. The molecule has 2 unspecified atom stereocenters. The van der Waals surface area contributed by atoms with E-state index in [0.29, 0.717) is 11.8 Å². The van der Waals surface area contributed by atoms with Gasteiger partial charge in [-0.25, -0.2) is 0 Å². The van der Waals surface area contributed by atoms with Crippen LogP contribution in [-0.4, -0.2) is 6.21 Å². The lowest BCUT2D eigenvalue weighted by Gasteiger charge is -2.27. The van der Waals surface area contributed by atoms with Crippen LogP contribution in [0.25, 0.3) is 11.1 Å². The van der Waals surface area contributed by atoms with Gasteiger partial charge in [-0.05, 0) is 102 Å². The van der Waals surface area contributed by atoms with Gasteiger partial charge in [-0.1, -0.05) is 152 Å². The highest BCUT2D eigenvalue weighted by Gasteiger charge is 2.21. The summed E-state index contributed by atoms with van der Waals surface area (Å²) in [6.45, 7) is 23.6. The Hall–Kier alpha value is -2.64. The van der Waals surface area contributed by atoms with Gasteiger partial charge in [-0.3, -0.25) is 0 Å². The van der Waals surface area contributed by atoms with Crippen LogP contribution in [0.3, 0.4) is 0 Å². The smallest absolute Gasteiger partial charge is 0.0435 e. The molecule has 0 bridgehead atoms. The Morgan fingerprint density at radius 1 is 0.837 bits per heavy atom. The molecule has 1 N–H and O–H groups in total. The summed E-state index contributed by atoms with van der Waals surface area (Å²) in [5.41, 5.74) is 8.69. The summed E-state index contributed by atoms with van der Waals surface area (Å²) in [7, 11) is 0. The Morgan fingerprint density at radius 3 is 1.98 bits per heavy atom. The molecule has 3 aromatic rings. The van der Waals surface area contributed by atoms with E-state index in [2.05, 4.69) is 104 Å². The van der Waals surface area contributed by atoms with Crippen LogP contribution in [0.1, 0.15) is 122 Å². The fourth-order valence-electron chi connectivity index (χ4n) is 5.19. The van der Waals surface area contributed by atoms with Crippen molar-refractivity contribution in [2.45, 2.75) is 113 Å². The summed E-state index contributed by atoms with van der Waals surface area (Å²) in [6.07, 6.45) is 10.2. The second kappa shape index (κ2) is 21.1. The number of halogens is 1. The van der Waals surface area contributed by atoms with Gasteiger partial charge >= 0.3 is 0 Å². The molecule has 0 saturated heterocycles. The van der Waals surface area contributed by atoms with Crippen LogP contribution in [0.15, 0.2) is 78.9 Å². The number of rotatable bonds is 13. The molecule has 0 fully saturated rings. The molecule has 0 aromatic heterocycles. The van der Waals surface area contributed by atoms with Crippen molar-refractivity contribution < 1.29 is 0 Å². The third-order valence-corrected chi connectivity index (χ3v) is 8.68. The SMILES string of the molecule is C=C(C)C(C)C.CCCC(CCC(C)C)C(CC)c1ccc(-c2cccc(C=N)c2)cc1.CCCc1ccc(Cl)c(C)c1. The topological polar surface area (TPSA) is 23.9 Å². The van der Waals surface area contributed by atoms with Gasteiger partial charge < -0.3 is 5.41 Å². The zero-order valence-electron chi connectivity index (χ0n) is 28.8. The number of nitrogens with one attached hydrogen (secondary N) is 1. The second-order valence-corrected chi connectivity index (χ2v) is 13.2. The van der Waals surface area contributed by atoms with Crippen LogP contribution < -0.4 is 0 Å². The summed E-state index contributed by atoms with van der Waals surface area (Å²) in [5, 5.41) is 8.32. The average molecular weight is 602 g/mol. The van der Waals surface area contributed by atoms with Crippen LogP contribution in [0, 0.1) is 30.1 Å². The molecule has 0 aliphatic heterocycles. The van der Waals surface area contributed by atoms with E-state index in [4.69, 9.17) is 17.0 Å². The monoisotopic (exact) mass is 601 g/mol. The third kappa shape index (κ3) is 14.6. The molecule has 2 atom stereocenters. The maximum atomic E-state index is 7.45. The minimum absolute atomic E-state index is 0.657. The Bertz CT molecular complexity index is 1200. The van der Waals surface area contributed by atoms with Crippen molar-refractivity contribution in [2.75, 3.05) is 0 Å². The number of hydrogen-bond donors (Lipinski definition) is 1. The predicted molar refractivity (Wildman–Crippen MR) is 195 cm³/mol. The molecule has 0 aliphatic carbocycles. The summed E-state index contributed by atoms with van der Waals surface area (Å²) in [6, 6.07) is 23.6. The van der Waals surface area contributed by atoms with Crippen molar-refractivity contribution in [3.8, 4) is 11.1 Å². The predicted octanol–water partition coefficient (Wildman–Crippen LogP) is 13.5. The molecule has 0 saturated carbocycles. The molecule has 0 aliphatic rings. The van der Waals surface area contributed by atoms with Crippen molar-refractivity contribution in [3.05, 3.63) is 106 Å². The van der Waals surface area contributed by atoms with Crippen LogP contribution in [-0.2, 0) is 6.42 Å². The van der Waals surface area contributed by atoms with E-state index in [1.165, 1.54) is 78.1 Å². The summed E-state index contributed by atoms with van der Waals surface area (Å²) in [4.78, 5) is 0. The van der Waals surface area contributed by atoms with Gasteiger partial charge in [0.15, 0.2) is 0 Å². The number of hydrogen-bond acceptors (Lipinski definition) is 1. The molecule has 0 spiro atoms. The normalized spacial score (nSPS) is 12.1. The van der Waals surface area contributed by atoms with Gasteiger partial charge in [0.1, 0.15) is 0 Å². The average Bonchev–Trinajstić information content (AvgIpc) is 2.99. The zero-order chi connectivity index (χ0) is 32.4. The van der Waals surface area contributed by atoms with Crippen LogP contribution >= 0.6 is 11.6 Å². The molecule has 236 valence electrons. The molecular formula is C41H60ClN. The number of aryl methyl sites for hydroxylation is 2. The maximum Gasteiger partial charge on any atom is 0.0435 e. The standard InChI is InChI=1S/C25H35N.C10H13Cl.C6H12/c1-5-8-22(12-11-19(3)4)25(6-2)23-15-13-21(14-16-23)24-10-7-9-20(17-24)18-26;1-3-4-9-5-6-10(11)8(2)7-9;1-5(2)6(3)4/h7,9-10,13-19,22,25-26H,5-6,8,11-12H2,1-4H3;5-7H,3-4H2,1-2H3;6H,1H2,2-4H3. The molecule has 0 radical (unpaired) electrons. The first-order valence-electron chi connectivity index (χ1n) is 16.6. The number of allylic oxidation sites excluding steroid dienone is 1. The van der Waals surface area contributed by atoms with Crippen molar-refractivity contribution in [2.24, 2.45) is 17.8 Å². The minimum atomic E-state index is 0.657. The lowest BCUT2D eigenvalue weighted by molar-refractivity contribution is 0.331. The quantitative estimate of drug-likeness (QED) is 0.149. The van der Waals surface area contributed by atoms with Crippen molar-refractivity contribution in [1.29, 1.82) is 5.41 Å². The Labute approximate surface area is 270 Å². The van der Waals surface area contributed by atoms with E-state index in [1.807, 2.05) is 32.0 Å². The summed E-state index contributed by atoms with van der Waals surface area (Å²) >= 11 is 5.88. The summed E-state index contributed by atoms with van der Waals surface area (Å²) in [5.74, 6) is 2.90. The van der Waals surface area contributed by atoms with E-state index < -0.39 is 0 Å². The molecule has 1 nitrogen and oxygen atoms in total. The zero-order valence-corrected chi connectivity index (χ0v) is 29.5. The largest absolute Gasteiger partial charge is 0.308 e. The highest BCUT2D eigenvalue weighted by atomic mass is 35.5. The van der Waals surface area contributed by atoms with E-state index in [1.54, 1.807) is 0 Å². The fraction of sp³-hybridized carbons (Fsp3) is 0.488. The van der Waals surface area contributed by atoms with Crippen molar-refractivity contribution >= 4 is 17.8 Å². The van der Waals surface area contributed by atoms with Gasteiger partial charge in [-0.2, -0.15) is 0 Å². The van der Waals surface area contributed by atoms with Crippen molar-refractivity contribution in [3.63, 3.8) is 0 Å². The van der Waals surface area contributed by atoms with Gasteiger partial charge in [0, 0.05) is 11.2 Å². The fourth-order valence-corrected chi connectivity index (χ4v) is 5.31. The van der Waals surface area contributed by atoms with E-state index in [9.17, 15) is 0 Å². The van der Waals surface area contributed by atoms with Gasteiger partial charge in [0.25, 0.3) is 0 Å². The lowest BCUT2D eigenvalue weighted by atomic mass is 9.78. The molecule has 2 heteroatoms. The van der Waals surface area contributed by atoms with Crippen LogP contribution in [0.2, 0.25) is 5.02 Å². The van der Waals surface area contributed by atoms with Crippen LogP contribution in [0.4, 0.5) is 0 Å². The molecule has 0 heterocycles. The van der Waals surface area contributed by atoms with E-state index in [-0.39, 0.29) is 0 Å². The highest BCUT2D eigenvalue weighted by molar-refractivity contribution is 6.31. The molecule has 43 heavy (non-hydrogen) atoms. The third-order valence-electron chi connectivity index (χ3n) is 8.26. The van der Waals surface area contributed by atoms with Crippen LogP contribution in [0.5, 0.6) is 0 Å². The maximum absolute atomic E-state index is 7.45. The molecule has 3 rings (SSSR count). The molecular weight excluding hydrogens is 542 g/mol. The molecule has 3 aromatic carbocycles. The second-order valence-electron chi connectivity index (χ2n) is 12.8. The van der Waals surface area contributed by atoms with Gasteiger partial charge in [0.2, 0.25) is 0 Å². The lowest BCUT2D eigenvalue weighted by Crippen LogP contribution is -2.13. The van der Waals surface area contributed by atoms with E-state index >= 15 is 0 Å². The first-order chi connectivity index (χ1) is 20.5. The van der Waals surface area contributed by atoms with Crippen molar-refractivity contribution in [1.82, 2.24) is 0 Å². The summed E-state index contributed by atoms with van der Waals surface area (Å²) < 4.78 is 0. The Kier molecular flexibility index (Phi) is 18.9. The Morgan fingerprint density at radius 2 is 1.49 bits per heavy atom. The first kappa shape index (κ1) is 38.4. The highest BCUT2D eigenvalue weighted by Crippen LogP contribution is 2.36. The first-order valence-corrected chi connectivity index (χ1v) is 17.0. The number of benzene rings is 3.